The maximum Gasteiger partial charge on any atom is 0.289 e. The van der Waals surface area contributed by atoms with Crippen molar-refractivity contribution in [1.82, 2.24) is 20.1 Å². The molecule has 0 spiro atoms. The lowest BCUT2D eigenvalue weighted by Crippen LogP contribution is -2.32. The monoisotopic (exact) mass is 410 g/mol. The molecule has 0 radical (unpaired) electrons. The molecule has 2 aromatic carbocycles. The van der Waals surface area contributed by atoms with Gasteiger partial charge >= 0.3 is 0 Å². The van der Waals surface area contributed by atoms with E-state index in [1.807, 2.05) is 50.2 Å². The lowest BCUT2D eigenvalue weighted by molar-refractivity contribution is 0.0930. The van der Waals surface area contributed by atoms with Gasteiger partial charge in [0.2, 0.25) is 5.82 Å². The van der Waals surface area contributed by atoms with Gasteiger partial charge in [-0.1, -0.05) is 0 Å². The van der Waals surface area contributed by atoms with E-state index in [0.29, 0.717) is 22.8 Å². The second-order valence-electron chi connectivity index (χ2n) is 7.05. The van der Waals surface area contributed by atoms with Crippen LogP contribution in [0.4, 0.5) is 0 Å². The molecule has 1 aliphatic heterocycles. The average molecular weight is 410 g/mol. The molecule has 7 nitrogen and oxygen atoms in total. The van der Waals surface area contributed by atoms with Crippen LogP contribution in [0.2, 0.25) is 0 Å². The van der Waals surface area contributed by atoms with E-state index >= 15 is 0 Å². The molecule has 1 amide bonds. The van der Waals surface area contributed by atoms with Crippen molar-refractivity contribution in [2.75, 3.05) is 12.9 Å². The summed E-state index contributed by atoms with van der Waals surface area (Å²) < 4.78 is 6.91. The average Bonchev–Trinajstić information content (AvgIpc) is 3.35. The number of nitrogens with zero attached hydrogens (tertiary/aromatic N) is 3. The zero-order chi connectivity index (χ0) is 20.5. The molecule has 3 aromatic rings. The van der Waals surface area contributed by atoms with Crippen molar-refractivity contribution in [3.8, 4) is 28.6 Å². The Morgan fingerprint density at radius 1 is 1.21 bits per heavy atom. The first-order valence-corrected chi connectivity index (χ1v) is 10.4. The zero-order valence-corrected chi connectivity index (χ0v) is 17.3. The van der Waals surface area contributed by atoms with Crippen LogP contribution in [0.15, 0.2) is 41.3 Å². The van der Waals surface area contributed by atoms with Crippen LogP contribution in [0.3, 0.4) is 0 Å². The van der Waals surface area contributed by atoms with E-state index in [4.69, 9.17) is 4.74 Å². The van der Waals surface area contributed by atoms with Crippen LogP contribution in [0.25, 0.3) is 17.1 Å². The second-order valence-corrected chi connectivity index (χ2v) is 8.18. The molecule has 0 fully saturated rings. The predicted molar refractivity (Wildman–Crippen MR) is 112 cm³/mol. The van der Waals surface area contributed by atoms with Crippen molar-refractivity contribution in [2.45, 2.75) is 31.2 Å². The fourth-order valence-electron chi connectivity index (χ4n) is 3.35. The highest BCUT2D eigenvalue weighted by Crippen LogP contribution is 2.42. The number of nitrogens with one attached hydrogen (secondary N) is 1. The molecule has 8 heteroatoms. The highest BCUT2D eigenvalue weighted by atomic mass is 32.2. The fraction of sp³-hybridized carbons (Fsp3) is 0.286. The Bertz CT molecular complexity index is 1060. The van der Waals surface area contributed by atoms with Gasteiger partial charge in [-0.25, -0.2) is 0 Å². The van der Waals surface area contributed by atoms with Crippen LogP contribution >= 0.6 is 11.8 Å². The first-order chi connectivity index (χ1) is 14.0. The number of carbonyl (C=O) groups is 1. The van der Waals surface area contributed by atoms with Crippen molar-refractivity contribution in [2.24, 2.45) is 0 Å². The number of methoxy groups -OCH3 is 1. The summed E-state index contributed by atoms with van der Waals surface area (Å²) in [5, 5.41) is 22.2. The van der Waals surface area contributed by atoms with Gasteiger partial charge in [0.1, 0.15) is 11.5 Å². The van der Waals surface area contributed by atoms with Crippen molar-refractivity contribution in [1.29, 1.82) is 0 Å². The van der Waals surface area contributed by atoms with Crippen molar-refractivity contribution in [3.63, 3.8) is 0 Å². The lowest BCUT2D eigenvalue weighted by atomic mass is 10.1. The van der Waals surface area contributed by atoms with E-state index in [9.17, 15) is 9.90 Å². The summed E-state index contributed by atoms with van der Waals surface area (Å²) in [4.78, 5) is 13.8. The molecule has 1 aromatic heterocycles. The predicted octanol–water partition coefficient (Wildman–Crippen LogP) is 3.43. The van der Waals surface area contributed by atoms with Crippen LogP contribution in [0.5, 0.6) is 11.5 Å². The summed E-state index contributed by atoms with van der Waals surface area (Å²) in [5.41, 5.74) is 2.18. The Balaban J connectivity index is 1.88. The van der Waals surface area contributed by atoms with E-state index in [2.05, 4.69) is 15.5 Å². The number of carbonyl (C=O) groups excluding carboxylic acids is 1. The number of rotatable bonds is 5. The molecule has 4 rings (SSSR count). The van der Waals surface area contributed by atoms with Gasteiger partial charge in [-0.15, -0.1) is 22.0 Å². The molecule has 29 heavy (non-hydrogen) atoms. The molecular formula is C21H22N4O3S. The number of fused-ring (bicyclic) bond motifs is 1. The van der Waals surface area contributed by atoms with Gasteiger partial charge in [-0.3, -0.25) is 9.36 Å². The van der Waals surface area contributed by atoms with Crippen LogP contribution in [-0.2, 0) is 6.42 Å². The third-order valence-corrected chi connectivity index (χ3v) is 5.81. The van der Waals surface area contributed by atoms with Crippen LogP contribution < -0.4 is 10.1 Å². The molecule has 2 N–H and O–H groups in total. The van der Waals surface area contributed by atoms with Crippen molar-refractivity contribution < 1.29 is 14.6 Å². The number of aromatic nitrogens is 3. The molecule has 0 unspecified atom stereocenters. The molecule has 0 saturated heterocycles. The van der Waals surface area contributed by atoms with Gasteiger partial charge in [-0.2, -0.15) is 0 Å². The van der Waals surface area contributed by atoms with E-state index in [-0.39, 0.29) is 23.5 Å². The maximum absolute atomic E-state index is 12.8. The summed E-state index contributed by atoms with van der Waals surface area (Å²) in [7, 11) is 1.60. The number of benzene rings is 2. The number of hydrogen-bond donors (Lipinski definition) is 2. The zero-order valence-electron chi connectivity index (χ0n) is 16.5. The largest absolute Gasteiger partial charge is 0.507 e. The Labute approximate surface area is 173 Å². The first kappa shape index (κ1) is 19.3. The van der Waals surface area contributed by atoms with Gasteiger partial charge in [0, 0.05) is 27.9 Å². The molecule has 0 aliphatic carbocycles. The number of phenolic OH excluding ortho intramolecular Hbond substituents is 1. The highest BCUT2D eigenvalue weighted by molar-refractivity contribution is 7.99. The van der Waals surface area contributed by atoms with E-state index < -0.39 is 0 Å². The van der Waals surface area contributed by atoms with Crippen molar-refractivity contribution in [3.05, 3.63) is 47.8 Å². The summed E-state index contributed by atoms with van der Waals surface area (Å²) in [6.45, 7) is 3.77. The van der Waals surface area contributed by atoms with Crippen LogP contribution in [-0.4, -0.2) is 44.7 Å². The van der Waals surface area contributed by atoms with Gasteiger partial charge in [-0.05, 0) is 56.7 Å². The summed E-state index contributed by atoms with van der Waals surface area (Å²) in [6, 6.07) is 11.1. The van der Waals surface area contributed by atoms with E-state index in [1.54, 1.807) is 23.4 Å². The van der Waals surface area contributed by atoms with Gasteiger partial charge < -0.3 is 15.2 Å². The SMILES string of the molecule is COc1ccc(-n2c(C(=O)NC(C)C)nnc2-c2ccc3c(c2O)CCS3)cc1. The molecule has 0 atom stereocenters. The second kappa shape index (κ2) is 7.79. The summed E-state index contributed by atoms with van der Waals surface area (Å²) in [6.07, 6.45) is 0.803. The summed E-state index contributed by atoms with van der Waals surface area (Å²) in [5.74, 6) is 2.10. The number of thioether (sulfide) groups is 1. The minimum absolute atomic E-state index is 0.0441. The molecule has 150 valence electrons. The Morgan fingerprint density at radius 3 is 2.66 bits per heavy atom. The normalized spacial score (nSPS) is 12.8. The topological polar surface area (TPSA) is 89.3 Å². The molecule has 0 bridgehead atoms. The molecule has 0 saturated carbocycles. The minimum Gasteiger partial charge on any atom is -0.507 e. The third kappa shape index (κ3) is 3.55. The van der Waals surface area contributed by atoms with Crippen molar-refractivity contribution >= 4 is 17.7 Å². The number of ether oxygens (including phenoxy) is 1. The number of hydrogen-bond acceptors (Lipinski definition) is 6. The van der Waals surface area contributed by atoms with E-state index in [0.717, 1.165) is 22.6 Å². The first-order valence-electron chi connectivity index (χ1n) is 9.38. The highest BCUT2D eigenvalue weighted by Gasteiger charge is 2.26. The number of aromatic hydroxyl groups is 1. The van der Waals surface area contributed by atoms with E-state index in [1.165, 1.54) is 0 Å². The van der Waals surface area contributed by atoms with Crippen LogP contribution in [0.1, 0.15) is 30.0 Å². The molecule has 2 heterocycles. The smallest absolute Gasteiger partial charge is 0.289 e. The minimum atomic E-state index is -0.328. The standard InChI is InChI=1S/C21H22N4O3S/c1-12(2)22-21(27)20-24-23-19(25(20)13-4-6-14(28-3)7-5-13)16-8-9-17-15(18(16)26)10-11-29-17/h4-9,12,26H,10-11H2,1-3H3,(H,22,27). The summed E-state index contributed by atoms with van der Waals surface area (Å²) >= 11 is 1.73. The Kier molecular flexibility index (Phi) is 5.19. The third-order valence-electron chi connectivity index (χ3n) is 4.71. The number of amides is 1. The quantitative estimate of drug-likeness (QED) is 0.670. The Morgan fingerprint density at radius 2 is 1.97 bits per heavy atom. The Hall–Kier alpha value is -3.00. The molecule has 1 aliphatic rings. The fourth-order valence-corrected chi connectivity index (χ4v) is 4.41. The lowest BCUT2D eigenvalue weighted by Gasteiger charge is -2.14. The van der Waals surface area contributed by atoms with Gasteiger partial charge in [0.25, 0.3) is 5.91 Å². The van der Waals surface area contributed by atoms with Gasteiger partial charge in [0.05, 0.1) is 12.7 Å². The van der Waals surface area contributed by atoms with Gasteiger partial charge in [0.15, 0.2) is 5.82 Å². The number of phenols is 1. The maximum atomic E-state index is 12.8. The molecular weight excluding hydrogens is 388 g/mol. The van der Waals surface area contributed by atoms with Crippen LogP contribution in [0, 0.1) is 0 Å².